The highest BCUT2D eigenvalue weighted by molar-refractivity contribution is 9.10. The lowest BCUT2D eigenvalue weighted by molar-refractivity contribution is 0.0318. The molecule has 20 heavy (non-hydrogen) atoms. The number of hydrogen-bond donors (Lipinski definition) is 1. The van der Waals surface area contributed by atoms with Crippen LogP contribution in [0.15, 0.2) is 51.4 Å². The first-order valence-corrected chi connectivity index (χ1v) is 7.95. The fourth-order valence-electron chi connectivity index (χ4n) is 2.20. The van der Waals surface area contributed by atoms with Gasteiger partial charge in [-0.1, -0.05) is 50.9 Å². The van der Waals surface area contributed by atoms with Crippen LogP contribution in [0.3, 0.4) is 0 Å². The number of rotatable bonds is 4. The number of aliphatic hydroxyl groups is 1. The Hall–Kier alpha value is -0.710. The normalized spacial score (nSPS) is 14.1. The van der Waals surface area contributed by atoms with E-state index in [1.54, 1.807) is 12.1 Å². The van der Waals surface area contributed by atoms with Crippen molar-refractivity contribution in [3.63, 3.8) is 0 Å². The summed E-state index contributed by atoms with van der Waals surface area (Å²) in [6.45, 7) is 1.90. The summed E-state index contributed by atoms with van der Waals surface area (Å²) in [6.07, 6.45) is 0.751. The highest BCUT2D eigenvalue weighted by Gasteiger charge is 2.29. The second-order valence-corrected chi connectivity index (χ2v) is 6.64. The molecule has 0 aliphatic carbocycles. The quantitative estimate of drug-likeness (QED) is 0.747. The van der Waals surface area contributed by atoms with Gasteiger partial charge >= 0.3 is 0 Å². The van der Waals surface area contributed by atoms with Gasteiger partial charge in [-0.3, -0.25) is 0 Å². The van der Waals surface area contributed by atoms with Crippen LogP contribution in [0.5, 0.6) is 0 Å². The van der Waals surface area contributed by atoms with E-state index in [-0.39, 0.29) is 12.2 Å². The highest BCUT2D eigenvalue weighted by atomic mass is 79.9. The Kier molecular flexibility index (Phi) is 4.99. The minimum atomic E-state index is -1.08. The molecule has 0 heterocycles. The summed E-state index contributed by atoms with van der Waals surface area (Å²) in [5, 5.41) is 10.9. The number of hydrogen-bond acceptors (Lipinski definition) is 1. The Labute approximate surface area is 135 Å². The largest absolute Gasteiger partial charge is 0.385 e. The molecule has 106 valence electrons. The lowest BCUT2D eigenvalue weighted by atomic mass is 9.85. The molecule has 1 atom stereocenters. The second-order valence-electron chi connectivity index (χ2n) is 4.81. The molecule has 0 saturated heterocycles. The van der Waals surface area contributed by atoms with Crippen molar-refractivity contribution in [1.29, 1.82) is 0 Å². The molecule has 2 aromatic rings. The van der Waals surface area contributed by atoms with Crippen LogP contribution < -0.4 is 0 Å². The third-order valence-electron chi connectivity index (χ3n) is 3.44. The summed E-state index contributed by atoms with van der Waals surface area (Å²) in [6, 6.07) is 12.3. The molecule has 1 nitrogen and oxygen atoms in total. The molecule has 1 unspecified atom stereocenters. The molecule has 2 aromatic carbocycles. The van der Waals surface area contributed by atoms with Crippen LogP contribution >= 0.6 is 31.9 Å². The Bertz CT molecular complexity index is 615. The molecule has 0 aliphatic rings. The van der Waals surface area contributed by atoms with E-state index < -0.39 is 5.60 Å². The van der Waals surface area contributed by atoms with Crippen molar-refractivity contribution in [2.24, 2.45) is 0 Å². The fourth-order valence-corrected chi connectivity index (χ4v) is 3.01. The van der Waals surface area contributed by atoms with Crippen molar-refractivity contribution in [1.82, 2.24) is 0 Å². The first-order valence-electron chi connectivity index (χ1n) is 6.37. The molecule has 0 amide bonds. The van der Waals surface area contributed by atoms with E-state index in [9.17, 15) is 9.50 Å². The third-order valence-corrected chi connectivity index (χ3v) is 4.42. The van der Waals surface area contributed by atoms with E-state index in [2.05, 4.69) is 31.9 Å². The molecule has 1 N–H and O–H groups in total. The Morgan fingerprint density at radius 1 is 1.10 bits per heavy atom. The molecule has 0 fully saturated rings. The van der Waals surface area contributed by atoms with Crippen LogP contribution in [-0.2, 0) is 12.0 Å². The van der Waals surface area contributed by atoms with Crippen molar-refractivity contribution >= 4 is 31.9 Å². The van der Waals surface area contributed by atoms with Gasteiger partial charge in [0.25, 0.3) is 0 Å². The van der Waals surface area contributed by atoms with Gasteiger partial charge in [0.05, 0.1) is 5.60 Å². The maximum Gasteiger partial charge on any atom is 0.126 e. The van der Waals surface area contributed by atoms with E-state index in [4.69, 9.17) is 0 Å². The van der Waals surface area contributed by atoms with Gasteiger partial charge in [0.1, 0.15) is 5.82 Å². The van der Waals surface area contributed by atoms with Crippen LogP contribution in [0.4, 0.5) is 4.39 Å². The van der Waals surface area contributed by atoms with Gasteiger partial charge in [0.15, 0.2) is 0 Å². The van der Waals surface area contributed by atoms with E-state index in [1.807, 2.05) is 31.2 Å². The van der Waals surface area contributed by atoms with Crippen molar-refractivity contribution in [2.75, 3.05) is 0 Å². The molecular formula is C16H15Br2FO. The second kappa shape index (κ2) is 6.37. The topological polar surface area (TPSA) is 20.2 Å². The monoisotopic (exact) mass is 400 g/mol. The number of benzene rings is 2. The molecule has 0 radical (unpaired) electrons. The zero-order chi connectivity index (χ0) is 14.8. The SMILES string of the molecule is CCC(O)(Cc1cc(Br)ccc1F)c1cccc(Br)c1. The smallest absolute Gasteiger partial charge is 0.126 e. The standard InChI is InChI=1S/C16H15Br2FO/c1-2-16(20,12-4-3-5-13(17)9-12)10-11-8-14(18)6-7-15(11)19/h3-9,20H,2,10H2,1H3. The summed E-state index contributed by atoms with van der Waals surface area (Å²) >= 11 is 6.74. The van der Waals surface area contributed by atoms with E-state index in [0.29, 0.717) is 12.0 Å². The average Bonchev–Trinajstić information content (AvgIpc) is 2.43. The molecular weight excluding hydrogens is 387 g/mol. The summed E-state index contributed by atoms with van der Waals surface area (Å²) in [4.78, 5) is 0. The van der Waals surface area contributed by atoms with Crippen LogP contribution in [0.25, 0.3) is 0 Å². The molecule has 0 spiro atoms. The number of halogens is 3. The van der Waals surface area contributed by atoms with Gasteiger partial charge in [-0.25, -0.2) is 4.39 Å². The summed E-state index contributed by atoms with van der Waals surface area (Å²) in [5.41, 5.74) is 0.211. The molecule has 0 aliphatic heterocycles. The maximum atomic E-state index is 13.9. The lowest BCUT2D eigenvalue weighted by Crippen LogP contribution is -2.28. The van der Waals surface area contributed by atoms with Crippen LogP contribution in [0.1, 0.15) is 24.5 Å². The summed E-state index contributed by atoms with van der Waals surface area (Å²) in [5.74, 6) is -0.296. The van der Waals surface area contributed by atoms with Gasteiger partial charge < -0.3 is 5.11 Å². The summed E-state index contributed by atoms with van der Waals surface area (Å²) in [7, 11) is 0. The Morgan fingerprint density at radius 3 is 2.45 bits per heavy atom. The molecule has 0 saturated carbocycles. The minimum absolute atomic E-state index is 0.241. The molecule has 2 rings (SSSR count). The van der Waals surface area contributed by atoms with Crippen molar-refractivity contribution in [3.05, 3.63) is 68.4 Å². The van der Waals surface area contributed by atoms with E-state index in [1.165, 1.54) is 6.07 Å². The zero-order valence-electron chi connectivity index (χ0n) is 11.0. The van der Waals surface area contributed by atoms with Crippen molar-refractivity contribution in [2.45, 2.75) is 25.4 Å². The minimum Gasteiger partial charge on any atom is -0.385 e. The molecule has 0 aromatic heterocycles. The van der Waals surface area contributed by atoms with E-state index in [0.717, 1.165) is 14.5 Å². The van der Waals surface area contributed by atoms with Crippen LogP contribution in [0.2, 0.25) is 0 Å². The molecule has 0 bridgehead atoms. The van der Waals surface area contributed by atoms with Gasteiger partial charge in [-0.15, -0.1) is 0 Å². The first-order chi connectivity index (χ1) is 9.44. The Morgan fingerprint density at radius 2 is 1.80 bits per heavy atom. The van der Waals surface area contributed by atoms with Gasteiger partial charge in [-0.05, 0) is 47.9 Å². The van der Waals surface area contributed by atoms with E-state index >= 15 is 0 Å². The van der Waals surface area contributed by atoms with Crippen molar-refractivity contribution in [3.8, 4) is 0 Å². The maximum absolute atomic E-state index is 13.9. The van der Waals surface area contributed by atoms with Gasteiger partial charge in [0.2, 0.25) is 0 Å². The zero-order valence-corrected chi connectivity index (χ0v) is 14.2. The van der Waals surface area contributed by atoms with Gasteiger partial charge in [0, 0.05) is 15.4 Å². The van der Waals surface area contributed by atoms with Crippen LogP contribution in [0, 0.1) is 5.82 Å². The highest BCUT2D eigenvalue weighted by Crippen LogP contribution is 2.32. The third kappa shape index (κ3) is 3.48. The fraction of sp³-hybridized carbons (Fsp3) is 0.250. The average molecular weight is 402 g/mol. The molecule has 4 heteroatoms. The van der Waals surface area contributed by atoms with Crippen LogP contribution in [-0.4, -0.2) is 5.11 Å². The predicted octanol–water partition coefficient (Wildman–Crippen LogP) is 5.19. The summed E-state index contributed by atoms with van der Waals surface area (Å²) < 4.78 is 15.6. The predicted molar refractivity (Wildman–Crippen MR) is 86.1 cm³/mol. The van der Waals surface area contributed by atoms with Crippen molar-refractivity contribution < 1.29 is 9.50 Å². The lowest BCUT2D eigenvalue weighted by Gasteiger charge is -2.28. The Balaban J connectivity index is 2.39. The van der Waals surface area contributed by atoms with Gasteiger partial charge in [-0.2, -0.15) is 0 Å². The first kappa shape index (κ1) is 15.7.